The van der Waals surface area contributed by atoms with Gasteiger partial charge in [-0.2, -0.15) is 0 Å². The molecule has 6 heteroatoms. The predicted octanol–water partition coefficient (Wildman–Crippen LogP) is 0.479. The molecule has 1 aliphatic rings. The first kappa shape index (κ1) is 15.2. The molecule has 1 radical (unpaired) electrons. The fourth-order valence-electron chi connectivity index (χ4n) is 2.36. The molecule has 1 fully saturated rings. The average Bonchev–Trinajstić information content (AvgIpc) is 2.44. The fraction of sp³-hybridized carbons (Fsp3) is 0.333. The van der Waals surface area contributed by atoms with Crippen LogP contribution in [0.2, 0.25) is 0 Å². The van der Waals surface area contributed by atoms with Crippen molar-refractivity contribution in [1.29, 1.82) is 0 Å². The molecule has 2 rings (SSSR count). The van der Waals surface area contributed by atoms with E-state index in [0.29, 0.717) is 30.4 Å². The molecule has 1 heterocycles. The Morgan fingerprint density at radius 2 is 2.14 bits per heavy atom. The van der Waals surface area contributed by atoms with Crippen LogP contribution in [0.5, 0.6) is 0 Å². The van der Waals surface area contributed by atoms with Gasteiger partial charge in [-0.1, -0.05) is 0 Å². The van der Waals surface area contributed by atoms with Crippen LogP contribution in [0.15, 0.2) is 18.2 Å². The second kappa shape index (κ2) is 6.03. The van der Waals surface area contributed by atoms with E-state index < -0.39 is 17.9 Å². The summed E-state index contributed by atoms with van der Waals surface area (Å²) >= 11 is 0. The summed E-state index contributed by atoms with van der Waals surface area (Å²) in [6, 6.07) is 4.61. The zero-order valence-electron chi connectivity index (χ0n) is 12.1. The van der Waals surface area contributed by atoms with Crippen molar-refractivity contribution in [3.63, 3.8) is 0 Å². The summed E-state index contributed by atoms with van der Waals surface area (Å²) in [5.41, 5.74) is 2.47. The van der Waals surface area contributed by atoms with Gasteiger partial charge < -0.3 is 0 Å². The van der Waals surface area contributed by atoms with E-state index in [4.69, 9.17) is 7.49 Å². The van der Waals surface area contributed by atoms with Crippen LogP contribution in [0.25, 0.3) is 0 Å². The van der Waals surface area contributed by atoms with E-state index in [2.05, 4.69) is 5.32 Å². The van der Waals surface area contributed by atoms with Gasteiger partial charge in [-0.3, -0.25) is 0 Å². The zero-order valence-corrected chi connectivity index (χ0v) is 12.1. The van der Waals surface area contributed by atoms with Crippen LogP contribution >= 0.6 is 0 Å². The van der Waals surface area contributed by atoms with Crippen LogP contribution in [-0.2, 0) is 9.59 Å². The minimum atomic E-state index is -0.817. The summed E-state index contributed by atoms with van der Waals surface area (Å²) in [5.74, 6) is -0.892. The quantitative estimate of drug-likeness (QED) is 0.648. The number of nitrogens with one attached hydrogen (secondary N) is 1. The normalized spacial score (nSPS) is 18.0. The third-order valence-corrected chi connectivity index (χ3v) is 3.58. The predicted molar refractivity (Wildman–Crippen MR) is 80.1 cm³/mol. The summed E-state index contributed by atoms with van der Waals surface area (Å²) in [4.78, 5) is 36.8. The molecule has 0 aromatic heterocycles. The number of hydrogen-bond donors (Lipinski definition) is 1. The van der Waals surface area contributed by atoms with E-state index in [-0.39, 0.29) is 0 Å². The Bertz CT molecular complexity index is 627. The van der Waals surface area contributed by atoms with Gasteiger partial charge >= 0.3 is 124 Å². The number of benzene rings is 1. The Morgan fingerprint density at radius 3 is 2.76 bits per heavy atom. The molecule has 0 spiro atoms. The molecular weight excluding hydrogens is 267 g/mol. The molecule has 1 saturated heterocycles. The fourth-order valence-corrected chi connectivity index (χ4v) is 2.36. The first-order valence-electron chi connectivity index (χ1n) is 6.71. The standard InChI is InChI=1S/C15H16BN2O3/c1-9-3-4-10(2)11(7-9)15(21)18(8-19)12-5-6-13(16)17-14(12)20/h3-4,7-8,12H,5-6H2,1-2H3,(H,17,20). The molecule has 21 heavy (non-hydrogen) atoms. The molecule has 0 bridgehead atoms. The summed E-state index contributed by atoms with van der Waals surface area (Å²) in [6.07, 6.45) is 1.20. The number of aryl methyl sites for hydroxylation is 2. The number of amides is 3. The van der Waals surface area contributed by atoms with Crippen LogP contribution < -0.4 is 5.32 Å². The number of rotatable bonds is 3. The topological polar surface area (TPSA) is 66.5 Å². The third kappa shape index (κ3) is 3.10. The molecule has 5 nitrogen and oxygen atoms in total. The zero-order chi connectivity index (χ0) is 15.6. The van der Waals surface area contributed by atoms with Gasteiger partial charge in [-0.25, -0.2) is 0 Å². The van der Waals surface area contributed by atoms with Gasteiger partial charge in [0.05, 0.1) is 0 Å². The van der Waals surface area contributed by atoms with E-state index in [0.717, 1.165) is 16.0 Å². The molecule has 3 amide bonds. The summed E-state index contributed by atoms with van der Waals surface area (Å²) < 4.78 is 0. The number of carbonyl (C=O) groups is 3. The SMILES string of the molecule is [B]=C1CCC(N(C=O)C(=O)c2cc(C)ccc2C)C(=O)N1. The average molecular weight is 283 g/mol. The maximum absolute atomic E-state index is 12.6. The molecule has 1 atom stereocenters. The van der Waals surface area contributed by atoms with Crippen LogP contribution in [0.4, 0.5) is 0 Å². The maximum atomic E-state index is 12.6. The van der Waals surface area contributed by atoms with E-state index in [1.165, 1.54) is 0 Å². The van der Waals surface area contributed by atoms with Crippen molar-refractivity contribution in [2.24, 2.45) is 0 Å². The number of nitrogens with zero attached hydrogens (tertiary/aromatic N) is 1. The van der Waals surface area contributed by atoms with Crippen LogP contribution in [0.1, 0.15) is 34.3 Å². The van der Waals surface area contributed by atoms with Crippen molar-refractivity contribution < 1.29 is 14.4 Å². The Morgan fingerprint density at radius 1 is 1.43 bits per heavy atom. The van der Waals surface area contributed by atoms with Crippen LogP contribution in [0, 0.1) is 13.8 Å². The summed E-state index contributed by atoms with van der Waals surface area (Å²) in [7, 11) is 5.55. The molecular formula is C15H16BN2O3. The number of carbonyl (C=O) groups excluding carboxylic acids is 3. The van der Waals surface area contributed by atoms with Gasteiger partial charge in [0.2, 0.25) is 0 Å². The Labute approximate surface area is 124 Å². The molecule has 1 aromatic carbocycles. The Kier molecular flexibility index (Phi) is 4.36. The minimum absolute atomic E-state index is 0.340. The van der Waals surface area contributed by atoms with Crippen molar-refractivity contribution in [3.8, 4) is 0 Å². The number of piperidine rings is 1. The van der Waals surface area contributed by atoms with Gasteiger partial charge in [0, 0.05) is 0 Å². The van der Waals surface area contributed by atoms with Crippen molar-refractivity contribution in [2.75, 3.05) is 0 Å². The molecule has 1 N–H and O–H groups in total. The molecule has 107 valence electrons. The Hall–Kier alpha value is -2.24. The van der Waals surface area contributed by atoms with E-state index in [9.17, 15) is 14.4 Å². The Balaban J connectivity index is 2.30. The molecule has 0 aliphatic carbocycles. The van der Waals surface area contributed by atoms with Gasteiger partial charge in [0.15, 0.2) is 0 Å². The third-order valence-electron chi connectivity index (χ3n) is 3.58. The molecule has 1 aliphatic heterocycles. The van der Waals surface area contributed by atoms with E-state index in [1.807, 2.05) is 19.1 Å². The van der Waals surface area contributed by atoms with Gasteiger partial charge in [-0.15, -0.1) is 0 Å². The van der Waals surface area contributed by atoms with Gasteiger partial charge in [0.25, 0.3) is 0 Å². The monoisotopic (exact) mass is 283 g/mol. The molecule has 0 saturated carbocycles. The van der Waals surface area contributed by atoms with Gasteiger partial charge in [-0.05, 0) is 0 Å². The number of imide groups is 1. The second-order valence-corrected chi connectivity index (χ2v) is 5.21. The van der Waals surface area contributed by atoms with Crippen LogP contribution in [-0.4, -0.2) is 42.2 Å². The van der Waals surface area contributed by atoms with Gasteiger partial charge in [0.1, 0.15) is 0 Å². The van der Waals surface area contributed by atoms with Crippen molar-refractivity contribution in [1.82, 2.24) is 10.2 Å². The summed E-state index contributed by atoms with van der Waals surface area (Å²) in [5, 5.41) is 2.48. The van der Waals surface area contributed by atoms with Crippen LogP contribution in [0.3, 0.4) is 0 Å². The molecule has 1 aromatic rings. The first-order valence-corrected chi connectivity index (χ1v) is 6.71. The first-order chi connectivity index (χ1) is 9.93. The van der Waals surface area contributed by atoms with Crippen molar-refractivity contribution in [3.05, 3.63) is 34.9 Å². The second-order valence-electron chi connectivity index (χ2n) is 5.21. The van der Waals surface area contributed by atoms with E-state index >= 15 is 0 Å². The van der Waals surface area contributed by atoms with Crippen molar-refractivity contribution >= 4 is 31.3 Å². The van der Waals surface area contributed by atoms with E-state index in [1.54, 1.807) is 13.0 Å². The molecule has 1 unspecified atom stereocenters. The number of hydrogen-bond acceptors (Lipinski definition) is 3. The van der Waals surface area contributed by atoms with Crippen molar-refractivity contribution in [2.45, 2.75) is 32.7 Å². The summed E-state index contributed by atoms with van der Waals surface area (Å²) in [6.45, 7) is 3.66.